The summed E-state index contributed by atoms with van der Waals surface area (Å²) >= 11 is 5.79. The second-order valence-electron chi connectivity index (χ2n) is 6.02. The van der Waals surface area contributed by atoms with Gasteiger partial charge in [-0.25, -0.2) is 19.6 Å². The molecule has 2 heterocycles. The standard InChI is InChI=1S/C18H19ClN4O4/c1-26-16(24)14-9-13(21-15-7-8-20-17(19)22-15)10-23(14)18(25)27-11-12-5-3-2-4-6-12/h2-8,13-14H,9-11H2,1H3,(H,20,21,22)/t13-,14-/m0/s1. The van der Waals surface area contributed by atoms with E-state index in [1.54, 1.807) is 6.07 Å². The summed E-state index contributed by atoms with van der Waals surface area (Å²) in [5, 5.41) is 3.27. The number of anilines is 1. The van der Waals surface area contributed by atoms with Crippen molar-refractivity contribution >= 4 is 29.5 Å². The summed E-state index contributed by atoms with van der Waals surface area (Å²) in [7, 11) is 1.29. The van der Waals surface area contributed by atoms with Gasteiger partial charge in [-0.15, -0.1) is 0 Å². The maximum Gasteiger partial charge on any atom is 0.410 e. The third-order valence-electron chi connectivity index (χ3n) is 4.19. The van der Waals surface area contributed by atoms with Crippen molar-refractivity contribution in [3.63, 3.8) is 0 Å². The fraction of sp³-hybridized carbons (Fsp3) is 0.333. The van der Waals surface area contributed by atoms with Gasteiger partial charge in [0, 0.05) is 25.2 Å². The number of ether oxygens (including phenoxy) is 2. The maximum absolute atomic E-state index is 12.5. The molecule has 2 aromatic rings. The Kier molecular flexibility index (Phi) is 6.08. The summed E-state index contributed by atoms with van der Waals surface area (Å²) in [6.45, 7) is 0.401. The predicted octanol–water partition coefficient (Wildman–Crippen LogP) is 2.49. The molecule has 0 spiro atoms. The Hall–Kier alpha value is -2.87. The zero-order valence-electron chi connectivity index (χ0n) is 14.7. The summed E-state index contributed by atoms with van der Waals surface area (Å²) in [6, 6.07) is 10.1. The number of hydrogen-bond donors (Lipinski definition) is 1. The molecule has 1 aromatic heterocycles. The van der Waals surface area contributed by atoms with Gasteiger partial charge < -0.3 is 14.8 Å². The molecule has 1 amide bonds. The highest BCUT2D eigenvalue weighted by atomic mass is 35.5. The van der Waals surface area contributed by atoms with E-state index < -0.39 is 18.1 Å². The van der Waals surface area contributed by atoms with E-state index in [1.165, 1.54) is 18.2 Å². The monoisotopic (exact) mass is 390 g/mol. The van der Waals surface area contributed by atoms with Crippen LogP contribution in [0.3, 0.4) is 0 Å². The van der Waals surface area contributed by atoms with Gasteiger partial charge in [-0.2, -0.15) is 0 Å². The van der Waals surface area contributed by atoms with Crippen molar-refractivity contribution in [2.75, 3.05) is 19.0 Å². The fourth-order valence-electron chi connectivity index (χ4n) is 2.93. The average molecular weight is 391 g/mol. The SMILES string of the molecule is COC(=O)[C@@H]1C[C@H](Nc2ccnc(Cl)n2)CN1C(=O)OCc1ccccc1. The third kappa shape index (κ3) is 4.85. The minimum Gasteiger partial charge on any atom is -0.467 e. The van der Waals surface area contributed by atoms with Crippen LogP contribution in [-0.2, 0) is 20.9 Å². The summed E-state index contributed by atoms with van der Waals surface area (Å²) in [4.78, 5) is 33.9. The molecular formula is C18H19ClN4O4. The van der Waals surface area contributed by atoms with Crippen molar-refractivity contribution in [2.45, 2.75) is 25.1 Å². The van der Waals surface area contributed by atoms with Crippen LogP contribution in [0.25, 0.3) is 0 Å². The topological polar surface area (TPSA) is 93.6 Å². The van der Waals surface area contributed by atoms with E-state index in [0.29, 0.717) is 12.2 Å². The number of carbonyl (C=O) groups is 2. The first-order valence-corrected chi connectivity index (χ1v) is 8.75. The van der Waals surface area contributed by atoms with Crippen molar-refractivity contribution in [3.8, 4) is 0 Å². The van der Waals surface area contributed by atoms with Gasteiger partial charge in [0.25, 0.3) is 0 Å². The van der Waals surface area contributed by atoms with E-state index in [0.717, 1.165) is 5.56 Å². The molecule has 3 rings (SSSR count). The smallest absolute Gasteiger partial charge is 0.410 e. The molecule has 1 aliphatic heterocycles. The number of aromatic nitrogens is 2. The molecule has 1 aromatic carbocycles. The molecule has 0 bridgehead atoms. The number of rotatable bonds is 5. The Balaban J connectivity index is 1.66. The average Bonchev–Trinajstić information content (AvgIpc) is 3.10. The van der Waals surface area contributed by atoms with Crippen LogP contribution in [0.4, 0.5) is 10.6 Å². The van der Waals surface area contributed by atoms with Gasteiger partial charge in [0.05, 0.1) is 7.11 Å². The molecule has 1 aliphatic rings. The van der Waals surface area contributed by atoms with Crippen LogP contribution in [0.2, 0.25) is 5.28 Å². The van der Waals surface area contributed by atoms with Crippen LogP contribution in [-0.4, -0.2) is 52.7 Å². The van der Waals surface area contributed by atoms with E-state index in [4.69, 9.17) is 21.1 Å². The molecule has 9 heteroatoms. The Morgan fingerprint density at radius 2 is 2.07 bits per heavy atom. The second kappa shape index (κ2) is 8.68. The normalized spacial score (nSPS) is 18.8. The van der Waals surface area contributed by atoms with Gasteiger partial charge in [-0.3, -0.25) is 4.90 Å². The molecule has 27 heavy (non-hydrogen) atoms. The lowest BCUT2D eigenvalue weighted by Crippen LogP contribution is -2.41. The molecule has 1 fully saturated rings. The van der Waals surface area contributed by atoms with Crippen molar-refractivity contribution in [3.05, 3.63) is 53.4 Å². The van der Waals surface area contributed by atoms with Crippen molar-refractivity contribution in [2.24, 2.45) is 0 Å². The molecule has 2 atom stereocenters. The fourth-order valence-corrected chi connectivity index (χ4v) is 3.08. The van der Waals surface area contributed by atoms with Crippen molar-refractivity contribution in [1.82, 2.24) is 14.9 Å². The number of esters is 1. The maximum atomic E-state index is 12.5. The lowest BCUT2D eigenvalue weighted by molar-refractivity contribution is -0.145. The zero-order chi connectivity index (χ0) is 19.2. The molecule has 0 aliphatic carbocycles. The van der Waals surface area contributed by atoms with E-state index in [1.807, 2.05) is 30.3 Å². The number of nitrogens with zero attached hydrogens (tertiary/aromatic N) is 3. The van der Waals surface area contributed by atoms with Gasteiger partial charge in [-0.1, -0.05) is 30.3 Å². The van der Waals surface area contributed by atoms with Gasteiger partial charge in [0.15, 0.2) is 0 Å². The molecule has 1 N–H and O–H groups in total. The lowest BCUT2D eigenvalue weighted by atomic mass is 10.1. The summed E-state index contributed by atoms with van der Waals surface area (Å²) in [5.74, 6) is 0.0276. The Morgan fingerprint density at radius 1 is 1.30 bits per heavy atom. The number of methoxy groups -OCH3 is 1. The van der Waals surface area contributed by atoms with Crippen LogP contribution in [0.5, 0.6) is 0 Å². The summed E-state index contributed by atoms with van der Waals surface area (Å²) in [5.41, 5.74) is 0.866. The van der Waals surface area contributed by atoms with Crippen LogP contribution in [0.15, 0.2) is 42.6 Å². The predicted molar refractivity (Wildman–Crippen MR) is 98.2 cm³/mol. The number of likely N-dealkylation sites (tertiary alicyclic amines) is 1. The first kappa shape index (κ1) is 18.9. The van der Waals surface area contributed by atoms with E-state index in [2.05, 4.69) is 15.3 Å². The molecule has 142 valence electrons. The Labute approximate surface area is 161 Å². The van der Waals surface area contributed by atoms with Crippen LogP contribution in [0, 0.1) is 0 Å². The van der Waals surface area contributed by atoms with Crippen LogP contribution >= 0.6 is 11.6 Å². The number of amides is 1. The summed E-state index contributed by atoms with van der Waals surface area (Å²) in [6.07, 6.45) is 1.32. The van der Waals surface area contributed by atoms with Crippen molar-refractivity contribution in [1.29, 1.82) is 0 Å². The minimum absolute atomic E-state index is 0.113. The molecular weight excluding hydrogens is 372 g/mol. The number of nitrogens with one attached hydrogen (secondary N) is 1. The van der Waals surface area contributed by atoms with Gasteiger partial charge >= 0.3 is 12.1 Å². The number of benzene rings is 1. The van der Waals surface area contributed by atoms with Gasteiger partial charge in [0.1, 0.15) is 18.5 Å². The third-order valence-corrected chi connectivity index (χ3v) is 4.37. The highest BCUT2D eigenvalue weighted by Gasteiger charge is 2.41. The van der Waals surface area contributed by atoms with Gasteiger partial charge in [-0.05, 0) is 23.2 Å². The molecule has 0 unspecified atom stereocenters. The number of carbonyl (C=O) groups excluding carboxylic acids is 2. The second-order valence-corrected chi connectivity index (χ2v) is 6.36. The first-order valence-electron chi connectivity index (χ1n) is 8.37. The van der Waals surface area contributed by atoms with Crippen LogP contribution in [0.1, 0.15) is 12.0 Å². The first-order chi connectivity index (χ1) is 13.1. The molecule has 0 radical (unpaired) electrons. The minimum atomic E-state index is -0.729. The molecule has 8 nitrogen and oxygen atoms in total. The highest BCUT2D eigenvalue weighted by Crippen LogP contribution is 2.23. The van der Waals surface area contributed by atoms with E-state index >= 15 is 0 Å². The van der Waals surface area contributed by atoms with E-state index in [9.17, 15) is 9.59 Å². The summed E-state index contributed by atoms with van der Waals surface area (Å²) < 4.78 is 10.2. The van der Waals surface area contributed by atoms with Crippen molar-refractivity contribution < 1.29 is 19.1 Å². The number of hydrogen-bond acceptors (Lipinski definition) is 7. The molecule has 0 saturated carbocycles. The highest BCUT2D eigenvalue weighted by molar-refractivity contribution is 6.28. The Morgan fingerprint density at radius 3 is 2.78 bits per heavy atom. The van der Waals surface area contributed by atoms with Crippen LogP contribution < -0.4 is 5.32 Å². The number of halogens is 1. The molecule has 1 saturated heterocycles. The van der Waals surface area contributed by atoms with E-state index in [-0.39, 0.29) is 24.5 Å². The largest absolute Gasteiger partial charge is 0.467 e. The quantitative estimate of drug-likeness (QED) is 0.619. The zero-order valence-corrected chi connectivity index (χ0v) is 15.4. The lowest BCUT2D eigenvalue weighted by Gasteiger charge is -2.21. The Bertz CT molecular complexity index is 805. The van der Waals surface area contributed by atoms with Gasteiger partial charge in [0.2, 0.25) is 5.28 Å².